The van der Waals surface area contributed by atoms with Crippen LogP contribution in [0.3, 0.4) is 0 Å². The summed E-state index contributed by atoms with van der Waals surface area (Å²) in [5.41, 5.74) is -1.07. The molecular weight excluding hydrogens is 218 g/mol. The Morgan fingerprint density at radius 2 is 1.88 bits per heavy atom. The SMILES string of the molecule is CC(C)(C)OC(=O)CNCC1(O)CCCCC1. The Kier molecular flexibility index (Phi) is 4.95. The lowest BCUT2D eigenvalue weighted by Crippen LogP contribution is -2.44. The number of carbonyl (C=O) groups excluding carboxylic acids is 1. The Hall–Kier alpha value is -0.610. The Bertz CT molecular complexity index is 252. The molecule has 4 nitrogen and oxygen atoms in total. The molecule has 0 heterocycles. The van der Waals surface area contributed by atoms with Crippen LogP contribution < -0.4 is 5.32 Å². The molecule has 0 saturated heterocycles. The highest BCUT2D eigenvalue weighted by Crippen LogP contribution is 2.27. The van der Waals surface area contributed by atoms with E-state index in [1.807, 2.05) is 20.8 Å². The second-order valence-electron chi connectivity index (χ2n) is 5.97. The predicted molar refractivity (Wildman–Crippen MR) is 66.7 cm³/mol. The van der Waals surface area contributed by atoms with E-state index in [9.17, 15) is 9.90 Å². The molecule has 0 radical (unpaired) electrons. The maximum atomic E-state index is 11.4. The smallest absolute Gasteiger partial charge is 0.320 e. The van der Waals surface area contributed by atoms with E-state index >= 15 is 0 Å². The topological polar surface area (TPSA) is 58.6 Å². The van der Waals surface area contributed by atoms with Crippen LogP contribution in [0, 0.1) is 0 Å². The lowest BCUT2D eigenvalue weighted by Gasteiger charge is -2.32. The molecule has 0 aromatic carbocycles. The average Bonchev–Trinajstić information content (AvgIpc) is 2.15. The molecule has 2 N–H and O–H groups in total. The summed E-state index contributed by atoms with van der Waals surface area (Å²) in [7, 11) is 0. The van der Waals surface area contributed by atoms with E-state index in [-0.39, 0.29) is 12.5 Å². The lowest BCUT2D eigenvalue weighted by atomic mass is 9.85. The standard InChI is InChI=1S/C13H25NO3/c1-12(2,3)17-11(15)9-14-10-13(16)7-5-4-6-8-13/h14,16H,4-10H2,1-3H3. The van der Waals surface area contributed by atoms with Gasteiger partial charge in [-0.2, -0.15) is 0 Å². The van der Waals surface area contributed by atoms with Gasteiger partial charge in [0.05, 0.1) is 12.1 Å². The van der Waals surface area contributed by atoms with Crippen molar-refractivity contribution in [2.75, 3.05) is 13.1 Å². The van der Waals surface area contributed by atoms with Crippen molar-refractivity contribution in [1.29, 1.82) is 0 Å². The van der Waals surface area contributed by atoms with Gasteiger partial charge in [0.1, 0.15) is 5.60 Å². The second kappa shape index (κ2) is 5.83. The summed E-state index contributed by atoms with van der Waals surface area (Å²) < 4.78 is 5.18. The molecule has 1 saturated carbocycles. The van der Waals surface area contributed by atoms with Crippen LogP contribution >= 0.6 is 0 Å². The van der Waals surface area contributed by atoms with Crippen molar-refractivity contribution >= 4 is 5.97 Å². The van der Waals surface area contributed by atoms with Gasteiger partial charge in [0, 0.05) is 6.54 Å². The van der Waals surface area contributed by atoms with Gasteiger partial charge in [0.25, 0.3) is 0 Å². The molecule has 0 atom stereocenters. The first kappa shape index (κ1) is 14.5. The minimum absolute atomic E-state index is 0.166. The monoisotopic (exact) mass is 243 g/mol. The maximum Gasteiger partial charge on any atom is 0.320 e. The molecule has 0 spiro atoms. The molecule has 0 aromatic heterocycles. The zero-order valence-electron chi connectivity index (χ0n) is 11.2. The van der Waals surface area contributed by atoms with Crippen LogP contribution in [-0.2, 0) is 9.53 Å². The molecule has 1 rings (SSSR count). The number of rotatable bonds is 4. The first-order valence-corrected chi connectivity index (χ1v) is 6.46. The maximum absolute atomic E-state index is 11.4. The van der Waals surface area contributed by atoms with Gasteiger partial charge in [-0.15, -0.1) is 0 Å². The molecular formula is C13H25NO3. The predicted octanol–water partition coefficient (Wildman–Crippen LogP) is 1.61. The van der Waals surface area contributed by atoms with Gasteiger partial charge in [-0.05, 0) is 33.6 Å². The van der Waals surface area contributed by atoms with Crippen molar-refractivity contribution in [1.82, 2.24) is 5.32 Å². The third kappa shape index (κ3) is 6.03. The second-order valence-corrected chi connectivity index (χ2v) is 5.97. The van der Waals surface area contributed by atoms with Crippen molar-refractivity contribution in [3.63, 3.8) is 0 Å². The van der Waals surface area contributed by atoms with E-state index in [0.29, 0.717) is 6.54 Å². The van der Waals surface area contributed by atoms with E-state index in [1.165, 1.54) is 6.42 Å². The third-order valence-corrected chi connectivity index (χ3v) is 2.93. The van der Waals surface area contributed by atoms with Gasteiger partial charge < -0.3 is 15.2 Å². The zero-order chi connectivity index (χ0) is 12.9. The molecule has 0 aromatic rings. The van der Waals surface area contributed by atoms with E-state index in [2.05, 4.69) is 5.32 Å². The lowest BCUT2D eigenvalue weighted by molar-refractivity contribution is -0.153. The molecule has 1 aliphatic carbocycles. The van der Waals surface area contributed by atoms with Crippen LogP contribution in [0.2, 0.25) is 0 Å². The molecule has 0 bridgehead atoms. The van der Waals surface area contributed by atoms with Gasteiger partial charge >= 0.3 is 5.97 Å². The molecule has 4 heteroatoms. The highest BCUT2D eigenvalue weighted by molar-refractivity contribution is 5.72. The van der Waals surface area contributed by atoms with E-state index < -0.39 is 11.2 Å². The number of esters is 1. The van der Waals surface area contributed by atoms with Crippen LogP contribution in [0.25, 0.3) is 0 Å². The number of carbonyl (C=O) groups is 1. The summed E-state index contributed by atoms with van der Waals surface area (Å²) in [5.74, 6) is -0.267. The largest absolute Gasteiger partial charge is 0.459 e. The summed E-state index contributed by atoms with van der Waals surface area (Å²) in [6, 6.07) is 0. The van der Waals surface area contributed by atoms with Crippen molar-refractivity contribution in [2.45, 2.75) is 64.1 Å². The Morgan fingerprint density at radius 1 is 1.29 bits per heavy atom. The molecule has 1 aliphatic rings. The van der Waals surface area contributed by atoms with Gasteiger partial charge in [0.2, 0.25) is 0 Å². The summed E-state index contributed by atoms with van der Waals surface area (Å²) in [4.78, 5) is 11.4. The first-order chi connectivity index (χ1) is 7.81. The number of ether oxygens (including phenoxy) is 1. The molecule has 0 aliphatic heterocycles. The molecule has 100 valence electrons. The summed E-state index contributed by atoms with van der Waals surface area (Å²) >= 11 is 0. The van der Waals surface area contributed by atoms with Gasteiger partial charge in [-0.25, -0.2) is 0 Å². The molecule has 0 amide bonds. The highest BCUT2D eigenvalue weighted by Gasteiger charge is 2.28. The fourth-order valence-corrected chi connectivity index (χ4v) is 2.16. The number of hydrogen-bond acceptors (Lipinski definition) is 4. The Balaban J connectivity index is 2.20. The van der Waals surface area contributed by atoms with E-state index in [0.717, 1.165) is 25.7 Å². The van der Waals surface area contributed by atoms with Crippen molar-refractivity contribution in [3.8, 4) is 0 Å². The highest BCUT2D eigenvalue weighted by atomic mass is 16.6. The minimum atomic E-state index is -0.625. The van der Waals surface area contributed by atoms with Crippen LogP contribution in [-0.4, -0.2) is 35.4 Å². The summed E-state index contributed by atoms with van der Waals surface area (Å²) in [5, 5.41) is 13.2. The zero-order valence-corrected chi connectivity index (χ0v) is 11.2. The normalized spacial score (nSPS) is 20.0. The summed E-state index contributed by atoms with van der Waals surface area (Å²) in [6.45, 7) is 6.19. The van der Waals surface area contributed by atoms with Crippen LogP contribution in [0.5, 0.6) is 0 Å². The molecule has 17 heavy (non-hydrogen) atoms. The van der Waals surface area contributed by atoms with Crippen LogP contribution in [0.4, 0.5) is 0 Å². The fraction of sp³-hybridized carbons (Fsp3) is 0.923. The van der Waals surface area contributed by atoms with Gasteiger partial charge in [-0.3, -0.25) is 4.79 Å². The minimum Gasteiger partial charge on any atom is -0.459 e. The fourth-order valence-electron chi connectivity index (χ4n) is 2.16. The first-order valence-electron chi connectivity index (χ1n) is 6.46. The van der Waals surface area contributed by atoms with Gasteiger partial charge in [0.15, 0.2) is 0 Å². The third-order valence-electron chi connectivity index (χ3n) is 2.93. The Morgan fingerprint density at radius 3 is 2.41 bits per heavy atom. The number of hydrogen-bond donors (Lipinski definition) is 2. The molecule has 1 fully saturated rings. The van der Waals surface area contributed by atoms with Crippen LogP contribution in [0.1, 0.15) is 52.9 Å². The van der Waals surface area contributed by atoms with Gasteiger partial charge in [-0.1, -0.05) is 19.3 Å². The van der Waals surface area contributed by atoms with Crippen molar-refractivity contribution < 1.29 is 14.6 Å². The summed E-state index contributed by atoms with van der Waals surface area (Å²) in [6.07, 6.45) is 5.01. The number of aliphatic hydroxyl groups is 1. The number of nitrogens with one attached hydrogen (secondary N) is 1. The van der Waals surface area contributed by atoms with E-state index in [1.54, 1.807) is 0 Å². The quantitative estimate of drug-likeness (QED) is 0.737. The van der Waals surface area contributed by atoms with E-state index in [4.69, 9.17) is 4.74 Å². The van der Waals surface area contributed by atoms with Crippen LogP contribution in [0.15, 0.2) is 0 Å². The molecule has 0 unspecified atom stereocenters. The van der Waals surface area contributed by atoms with Crippen molar-refractivity contribution in [2.24, 2.45) is 0 Å². The average molecular weight is 243 g/mol. The van der Waals surface area contributed by atoms with Crippen molar-refractivity contribution in [3.05, 3.63) is 0 Å². The Labute approximate surface area is 104 Å².